The molecule has 0 fully saturated rings. The zero-order valence-corrected chi connectivity index (χ0v) is 12.6. The highest BCUT2D eigenvalue weighted by molar-refractivity contribution is 6.30. The highest BCUT2D eigenvalue weighted by atomic mass is 35.5. The summed E-state index contributed by atoms with van der Waals surface area (Å²) < 4.78 is 5.83. The Labute approximate surface area is 120 Å². The number of aliphatic hydroxyl groups excluding tert-OH is 1. The molecule has 0 saturated heterocycles. The molecule has 106 valence electrons. The van der Waals surface area contributed by atoms with E-state index in [1.807, 2.05) is 26.1 Å². The lowest BCUT2D eigenvalue weighted by Gasteiger charge is -2.37. The van der Waals surface area contributed by atoms with Gasteiger partial charge in [-0.05, 0) is 44.6 Å². The van der Waals surface area contributed by atoms with E-state index in [2.05, 4.69) is 11.8 Å². The van der Waals surface area contributed by atoms with Crippen molar-refractivity contribution in [2.45, 2.75) is 38.8 Å². The quantitative estimate of drug-likeness (QED) is 0.921. The van der Waals surface area contributed by atoms with Crippen molar-refractivity contribution in [3.8, 4) is 5.75 Å². The minimum atomic E-state index is -0.539. The number of unbranched alkanes of at least 4 members (excludes halogenated alkanes) is 1. The fraction of sp³-hybridized carbons (Fsp3) is 0.600. The summed E-state index contributed by atoms with van der Waals surface area (Å²) >= 11 is 6.08. The van der Waals surface area contributed by atoms with Gasteiger partial charge < -0.3 is 9.84 Å². The van der Waals surface area contributed by atoms with Gasteiger partial charge in [-0.15, -0.1) is 0 Å². The Kier molecular flexibility index (Phi) is 4.71. The van der Waals surface area contributed by atoms with Crippen molar-refractivity contribution >= 4 is 11.6 Å². The zero-order chi connectivity index (χ0) is 14.0. The molecule has 0 aliphatic carbocycles. The normalized spacial score (nSPS) is 22.2. The number of benzene rings is 1. The predicted molar refractivity (Wildman–Crippen MR) is 78.0 cm³/mol. The van der Waals surface area contributed by atoms with Gasteiger partial charge in [0, 0.05) is 10.6 Å². The number of halogens is 1. The van der Waals surface area contributed by atoms with Crippen molar-refractivity contribution in [1.82, 2.24) is 4.90 Å². The first-order valence-corrected chi connectivity index (χ1v) is 7.23. The maximum atomic E-state index is 10.6. The predicted octanol–water partition coefficient (Wildman–Crippen LogP) is 3.17. The first-order valence-electron chi connectivity index (χ1n) is 6.85. The Morgan fingerprint density at radius 2 is 2.21 bits per heavy atom. The molecule has 2 rings (SSSR count). The molecule has 0 amide bonds. The van der Waals surface area contributed by atoms with Crippen LogP contribution in [0.25, 0.3) is 0 Å². The number of hydrogen-bond donors (Lipinski definition) is 1. The molecule has 2 unspecified atom stereocenters. The highest BCUT2D eigenvalue weighted by Gasteiger charge is 2.33. The number of aliphatic hydroxyl groups is 1. The molecular formula is C15H22ClNO2. The van der Waals surface area contributed by atoms with Crippen LogP contribution in [-0.2, 0) is 0 Å². The third-order valence-corrected chi connectivity index (χ3v) is 4.00. The summed E-state index contributed by atoms with van der Waals surface area (Å²) in [7, 11) is 2.04. The van der Waals surface area contributed by atoms with E-state index in [1.54, 1.807) is 0 Å². The van der Waals surface area contributed by atoms with Gasteiger partial charge in [0.1, 0.15) is 18.5 Å². The minimum absolute atomic E-state index is 0.00285. The Morgan fingerprint density at radius 1 is 1.47 bits per heavy atom. The first kappa shape index (κ1) is 14.6. The van der Waals surface area contributed by atoms with Crippen molar-refractivity contribution in [2.24, 2.45) is 0 Å². The molecule has 1 aliphatic heterocycles. The number of likely N-dealkylation sites (N-methyl/N-ethyl adjacent to an activating group) is 1. The van der Waals surface area contributed by atoms with Gasteiger partial charge in [-0.1, -0.05) is 24.9 Å². The molecule has 3 nitrogen and oxygen atoms in total. The number of nitrogens with zero attached hydrogens (tertiary/aromatic N) is 1. The third kappa shape index (κ3) is 3.04. The Morgan fingerprint density at radius 3 is 2.89 bits per heavy atom. The van der Waals surface area contributed by atoms with Gasteiger partial charge in [0.05, 0.1) is 6.04 Å². The van der Waals surface area contributed by atoms with Crippen molar-refractivity contribution in [2.75, 3.05) is 20.2 Å². The molecule has 1 heterocycles. The molecule has 0 radical (unpaired) electrons. The van der Waals surface area contributed by atoms with Crippen LogP contribution in [0.1, 0.15) is 37.0 Å². The van der Waals surface area contributed by atoms with Gasteiger partial charge in [0.15, 0.2) is 0 Å². The fourth-order valence-electron chi connectivity index (χ4n) is 2.58. The summed E-state index contributed by atoms with van der Waals surface area (Å²) in [6.07, 6.45) is 1.74. The van der Waals surface area contributed by atoms with E-state index in [0.29, 0.717) is 11.6 Å². The maximum Gasteiger partial charge on any atom is 0.128 e. The molecule has 19 heavy (non-hydrogen) atoms. The van der Waals surface area contributed by atoms with Crippen LogP contribution in [0.5, 0.6) is 5.75 Å². The van der Waals surface area contributed by atoms with Crippen LogP contribution >= 0.6 is 11.6 Å². The molecule has 1 aromatic carbocycles. The van der Waals surface area contributed by atoms with Gasteiger partial charge in [0.2, 0.25) is 0 Å². The summed E-state index contributed by atoms with van der Waals surface area (Å²) in [4.78, 5) is 2.17. The number of aryl methyl sites for hydroxylation is 1. The van der Waals surface area contributed by atoms with E-state index in [-0.39, 0.29) is 6.04 Å². The summed E-state index contributed by atoms with van der Waals surface area (Å²) in [6.45, 7) is 5.62. The summed E-state index contributed by atoms with van der Waals surface area (Å²) in [6, 6.07) is 3.68. The van der Waals surface area contributed by atoms with Gasteiger partial charge >= 0.3 is 0 Å². The average Bonchev–Trinajstić information content (AvgIpc) is 2.37. The number of ether oxygens (including phenoxy) is 1. The molecule has 1 N–H and O–H groups in total. The SMILES string of the molecule is CCCCN(C)C1COc2c(C)cc(Cl)cc2C1O. The average molecular weight is 284 g/mol. The molecule has 0 saturated carbocycles. The number of hydrogen-bond acceptors (Lipinski definition) is 3. The van der Waals surface area contributed by atoms with Crippen LogP contribution in [0.4, 0.5) is 0 Å². The topological polar surface area (TPSA) is 32.7 Å². The molecule has 1 aromatic rings. The standard InChI is InChI=1S/C15H22ClNO2/c1-4-5-6-17(3)13-9-19-15-10(2)7-11(16)8-12(15)14(13)18/h7-8,13-14,18H,4-6,9H2,1-3H3. The van der Waals surface area contributed by atoms with Crippen LogP contribution in [0.3, 0.4) is 0 Å². The smallest absolute Gasteiger partial charge is 0.128 e. The molecule has 0 spiro atoms. The number of rotatable bonds is 4. The van der Waals surface area contributed by atoms with E-state index in [0.717, 1.165) is 36.3 Å². The Bertz CT molecular complexity index is 450. The summed E-state index contributed by atoms with van der Waals surface area (Å²) in [5.41, 5.74) is 1.79. The van der Waals surface area contributed by atoms with E-state index < -0.39 is 6.10 Å². The van der Waals surface area contributed by atoms with Crippen molar-refractivity contribution in [3.05, 3.63) is 28.3 Å². The summed E-state index contributed by atoms with van der Waals surface area (Å²) in [5.74, 6) is 0.789. The van der Waals surface area contributed by atoms with Crippen LogP contribution in [0.2, 0.25) is 5.02 Å². The van der Waals surface area contributed by atoms with Gasteiger partial charge in [0.25, 0.3) is 0 Å². The fourth-order valence-corrected chi connectivity index (χ4v) is 2.86. The largest absolute Gasteiger partial charge is 0.491 e. The molecule has 4 heteroatoms. The second-order valence-electron chi connectivity index (χ2n) is 5.30. The lowest BCUT2D eigenvalue weighted by Crippen LogP contribution is -2.44. The van der Waals surface area contributed by atoms with Crippen molar-refractivity contribution in [1.29, 1.82) is 0 Å². The van der Waals surface area contributed by atoms with Crippen molar-refractivity contribution in [3.63, 3.8) is 0 Å². The van der Waals surface area contributed by atoms with E-state index in [4.69, 9.17) is 16.3 Å². The molecule has 0 bridgehead atoms. The zero-order valence-electron chi connectivity index (χ0n) is 11.8. The Hall–Kier alpha value is -0.770. The van der Waals surface area contributed by atoms with Gasteiger partial charge in [-0.2, -0.15) is 0 Å². The first-order chi connectivity index (χ1) is 9.04. The second kappa shape index (κ2) is 6.12. The van der Waals surface area contributed by atoms with Crippen molar-refractivity contribution < 1.29 is 9.84 Å². The molecular weight excluding hydrogens is 262 g/mol. The second-order valence-corrected chi connectivity index (χ2v) is 5.73. The van der Waals surface area contributed by atoms with Crippen LogP contribution in [0, 0.1) is 6.92 Å². The Balaban J connectivity index is 2.21. The van der Waals surface area contributed by atoms with E-state index in [1.165, 1.54) is 0 Å². The van der Waals surface area contributed by atoms with Crippen LogP contribution < -0.4 is 4.74 Å². The van der Waals surface area contributed by atoms with Gasteiger partial charge in [-0.3, -0.25) is 4.90 Å². The maximum absolute atomic E-state index is 10.6. The molecule has 2 atom stereocenters. The summed E-state index contributed by atoms with van der Waals surface area (Å²) in [5, 5.41) is 11.2. The number of fused-ring (bicyclic) bond motifs is 1. The van der Waals surface area contributed by atoms with E-state index in [9.17, 15) is 5.11 Å². The molecule has 0 aromatic heterocycles. The van der Waals surface area contributed by atoms with Gasteiger partial charge in [-0.25, -0.2) is 0 Å². The van der Waals surface area contributed by atoms with E-state index >= 15 is 0 Å². The van der Waals surface area contributed by atoms with Crippen LogP contribution in [0.15, 0.2) is 12.1 Å². The lowest BCUT2D eigenvalue weighted by atomic mass is 9.96. The van der Waals surface area contributed by atoms with Crippen LogP contribution in [-0.4, -0.2) is 36.2 Å². The lowest BCUT2D eigenvalue weighted by molar-refractivity contribution is 0.0144. The highest BCUT2D eigenvalue weighted by Crippen LogP contribution is 2.38. The molecule has 1 aliphatic rings. The monoisotopic (exact) mass is 283 g/mol. The minimum Gasteiger partial charge on any atom is -0.491 e. The third-order valence-electron chi connectivity index (χ3n) is 3.78.